The lowest BCUT2D eigenvalue weighted by molar-refractivity contribution is -0.275. The molecule has 0 N–H and O–H groups in total. The second-order valence-corrected chi connectivity index (χ2v) is 8.49. The molecule has 0 saturated heterocycles. The molecule has 0 aliphatic heterocycles. The number of ether oxygens (including phenoxy) is 1. The van der Waals surface area contributed by atoms with Crippen molar-refractivity contribution in [1.29, 1.82) is 0 Å². The van der Waals surface area contributed by atoms with Crippen LogP contribution in [0.1, 0.15) is 59.4 Å². The van der Waals surface area contributed by atoms with E-state index in [0.717, 1.165) is 56.1 Å². The Balaban J connectivity index is 1.50. The van der Waals surface area contributed by atoms with Gasteiger partial charge >= 0.3 is 6.36 Å². The highest BCUT2D eigenvalue weighted by Gasteiger charge is 2.33. The van der Waals surface area contributed by atoms with Crippen LogP contribution in [0.3, 0.4) is 0 Å². The number of hydrogen-bond donors (Lipinski definition) is 0. The van der Waals surface area contributed by atoms with E-state index in [9.17, 15) is 17.6 Å². The van der Waals surface area contributed by atoms with E-state index in [1.54, 1.807) is 6.07 Å². The quantitative estimate of drug-likeness (QED) is 0.373. The molecule has 0 amide bonds. The van der Waals surface area contributed by atoms with Crippen molar-refractivity contribution >= 4 is 0 Å². The van der Waals surface area contributed by atoms with Gasteiger partial charge in [-0.25, -0.2) is 4.39 Å². The summed E-state index contributed by atoms with van der Waals surface area (Å²) in [6.07, 6.45) is 5.43. The number of benzene rings is 2. The maximum absolute atomic E-state index is 14.2. The first-order valence-corrected chi connectivity index (χ1v) is 10.6. The van der Waals surface area contributed by atoms with Crippen molar-refractivity contribution in [2.75, 3.05) is 0 Å². The van der Waals surface area contributed by atoms with E-state index in [-0.39, 0.29) is 5.92 Å². The van der Waals surface area contributed by atoms with Gasteiger partial charge in [-0.3, -0.25) is 0 Å². The molecule has 2 aromatic carbocycles. The molecule has 5 heteroatoms. The van der Waals surface area contributed by atoms with E-state index in [1.165, 1.54) is 41.2 Å². The van der Waals surface area contributed by atoms with Gasteiger partial charge in [-0.15, -0.1) is 19.8 Å². The number of rotatable bonds is 5. The first kappa shape index (κ1) is 21.0. The Labute approximate surface area is 174 Å². The van der Waals surface area contributed by atoms with Gasteiger partial charge in [0.2, 0.25) is 0 Å². The first-order chi connectivity index (χ1) is 14.3. The maximum Gasteiger partial charge on any atom is 0.573 e. The van der Waals surface area contributed by atoms with Crippen LogP contribution in [0.15, 0.2) is 43.0 Å². The zero-order chi connectivity index (χ0) is 21.3. The summed E-state index contributed by atoms with van der Waals surface area (Å²) >= 11 is 0. The van der Waals surface area contributed by atoms with Gasteiger partial charge in [-0.05, 0) is 103 Å². The molecule has 30 heavy (non-hydrogen) atoms. The van der Waals surface area contributed by atoms with Crippen LogP contribution < -0.4 is 4.74 Å². The highest BCUT2D eigenvalue weighted by molar-refractivity contribution is 5.46. The van der Waals surface area contributed by atoms with Crippen LogP contribution in [-0.2, 0) is 25.7 Å². The summed E-state index contributed by atoms with van der Waals surface area (Å²) in [7, 11) is 0. The SMILES string of the molecule is C=CCCC1CCc2c(ccc3c2CCC(c2ccc(OC(F)(F)F)c(F)c2)C3)C1. The summed E-state index contributed by atoms with van der Waals surface area (Å²) in [5.74, 6) is -0.909. The monoisotopic (exact) mass is 418 g/mol. The fourth-order valence-corrected chi connectivity index (χ4v) is 5.11. The van der Waals surface area contributed by atoms with Gasteiger partial charge in [-0.2, -0.15) is 0 Å². The molecule has 1 nitrogen and oxygen atoms in total. The van der Waals surface area contributed by atoms with Crippen LogP contribution in [0, 0.1) is 11.7 Å². The molecule has 2 aliphatic carbocycles. The predicted molar refractivity (Wildman–Crippen MR) is 109 cm³/mol. The van der Waals surface area contributed by atoms with Crippen LogP contribution in [0.4, 0.5) is 17.6 Å². The Bertz CT molecular complexity index is 931. The van der Waals surface area contributed by atoms with Crippen molar-refractivity contribution in [1.82, 2.24) is 0 Å². The molecule has 0 heterocycles. The number of fused-ring (bicyclic) bond motifs is 3. The van der Waals surface area contributed by atoms with Gasteiger partial charge in [0.1, 0.15) is 0 Å². The summed E-state index contributed by atoms with van der Waals surface area (Å²) in [5.41, 5.74) is 6.44. The molecule has 2 aliphatic rings. The summed E-state index contributed by atoms with van der Waals surface area (Å²) in [6, 6.07) is 8.29. The van der Waals surface area contributed by atoms with Crippen molar-refractivity contribution < 1.29 is 22.3 Å². The van der Waals surface area contributed by atoms with E-state index in [2.05, 4.69) is 23.4 Å². The fraction of sp³-hybridized carbons (Fsp3) is 0.440. The number of hydrogen-bond acceptors (Lipinski definition) is 1. The topological polar surface area (TPSA) is 9.23 Å². The zero-order valence-electron chi connectivity index (χ0n) is 16.9. The van der Waals surface area contributed by atoms with E-state index in [0.29, 0.717) is 0 Å². The van der Waals surface area contributed by atoms with Crippen LogP contribution in [0.25, 0.3) is 0 Å². The third-order valence-electron chi connectivity index (χ3n) is 6.58. The van der Waals surface area contributed by atoms with Gasteiger partial charge in [0.25, 0.3) is 0 Å². The third kappa shape index (κ3) is 4.55. The van der Waals surface area contributed by atoms with Crippen LogP contribution in [0.2, 0.25) is 0 Å². The summed E-state index contributed by atoms with van der Waals surface area (Å²) in [4.78, 5) is 0. The van der Waals surface area contributed by atoms with Gasteiger partial charge in [0.15, 0.2) is 11.6 Å². The molecule has 2 unspecified atom stereocenters. The van der Waals surface area contributed by atoms with Crippen molar-refractivity contribution in [3.05, 3.63) is 76.6 Å². The lowest BCUT2D eigenvalue weighted by Gasteiger charge is -2.32. The highest BCUT2D eigenvalue weighted by Crippen LogP contribution is 2.39. The van der Waals surface area contributed by atoms with E-state index >= 15 is 0 Å². The highest BCUT2D eigenvalue weighted by atomic mass is 19.4. The Morgan fingerprint density at radius 2 is 1.70 bits per heavy atom. The van der Waals surface area contributed by atoms with Gasteiger partial charge in [0, 0.05) is 0 Å². The Morgan fingerprint density at radius 1 is 1.00 bits per heavy atom. The minimum atomic E-state index is -4.89. The third-order valence-corrected chi connectivity index (χ3v) is 6.58. The van der Waals surface area contributed by atoms with Crippen LogP contribution in [-0.4, -0.2) is 6.36 Å². The number of alkyl halides is 3. The minimum absolute atomic E-state index is 0.105. The van der Waals surface area contributed by atoms with Gasteiger partial charge < -0.3 is 4.74 Å². The molecule has 0 aromatic heterocycles. The van der Waals surface area contributed by atoms with Crippen molar-refractivity contribution in [3.8, 4) is 5.75 Å². The maximum atomic E-state index is 14.2. The molecule has 4 rings (SSSR count). The lowest BCUT2D eigenvalue weighted by atomic mass is 9.73. The molecule has 0 radical (unpaired) electrons. The normalized spacial score (nSPS) is 20.9. The fourth-order valence-electron chi connectivity index (χ4n) is 5.11. The average molecular weight is 418 g/mol. The zero-order valence-corrected chi connectivity index (χ0v) is 16.9. The predicted octanol–water partition coefficient (Wildman–Crippen LogP) is 7.07. The van der Waals surface area contributed by atoms with Crippen LogP contribution >= 0.6 is 0 Å². The van der Waals surface area contributed by atoms with E-state index in [1.807, 2.05) is 6.08 Å². The Hall–Kier alpha value is -2.30. The Morgan fingerprint density at radius 3 is 2.37 bits per heavy atom. The first-order valence-electron chi connectivity index (χ1n) is 10.6. The minimum Gasteiger partial charge on any atom is -0.403 e. The number of halogens is 4. The second kappa shape index (κ2) is 8.44. The van der Waals surface area contributed by atoms with Crippen molar-refractivity contribution in [2.24, 2.45) is 5.92 Å². The Kier molecular flexibility index (Phi) is 5.90. The summed E-state index contributed by atoms with van der Waals surface area (Å²) in [5, 5.41) is 0. The molecule has 2 atom stereocenters. The molecular formula is C25H26F4O. The standard InChI is InChI=1S/C25H26F4O/c1-2-3-4-16-5-10-21-19(13-16)6-7-20-14-17(8-11-22(20)21)18-9-12-24(23(26)15-18)30-25(27,28)29/h2,6-7,9,12,15-17H,1,3-5,8,10-11,13-14H2. The van der Waals surface area contributed by atoms with Gasteiger partial charge in [-0.1, -0.05) is 24.3 Å². The second-order valence-electron chi connectivity index (χ2n) is 8.49. The average Bonchev–Trinajstić information content (AvgIpc) is 2.72. The summed E-state index contributed by atoms with van der Waals surface area (Å²) < 4.78 is 55.0. The number of allylic oxidation sites excluding steroid dienone is 1. The van der Waals surface area contributed by atoms with E-state index in [4.69, 9.17) is 0 Å². The van der Waals surface area contributed by atoms with Crippen molar-refractivity contribution in [2.45, 2.75) is 63.6 Å². The largest absolute Gasteiger partial charge is 0.573 e. The molecule has 0 saturated carbocycles. The smallest absolute Gasteiger partial charge is 0.403 e. The molecule has 0 fully saturated rings. The van der Waals surface area contributed by atoms with Crippen LogP contribution in [0.5, 0.6) is 5.75 Å². The molecule has 0 spiro atoms. The van der Waals surface area contributed by atoms with Gasteiger partial charge in [0.05, 0.1) is 0 Å². The molecular weight excluding hydrogens is 392 g/mol. The molecule has 160 valence electrons. The lowest BCUT2D eigenvalue weighted by Crippen LogP contribution is -2.21. The molecule has 2 aromatic rings. The van der Waals surface area contributed by atoms with E-state index < -0.39 is 17.9 Å². The molecule has 0 bridgehead atoms. The summed E-state index contributed by atoms with van der Waals surface area (Å²) in [6.45, 7) is 3.82. The van der Waals surface area contributed by atoms with Crippen molar-refractivity contribution in [3.63, 3.8) is 0 Å².